The average Bonchev–Trinajstić information content (AvgIpc) is 2.97. The van der Waals surface area contributed by atoms with Gasteiger partial charge in [0, 0.05) is 11.0 Å². The van der Waals surface area contributed by atoms with Crippen molar-refractivity contribution in [3.8, 4) is 0 Å². The van der Waals surface area contributed by atoms with E-state index in [0.29, 0.717) is 30.1 Å². The molecule has 0 saturated heterocycles. The van der Waals surface area contributed by atoms with Crippen LogP contribution in [0.5, 0.6) is 0 Å². The van der Waals surface area contributed by atoms with Gasteiger partial charge in [-0.3, -0.25) is 9.59 Å². The quantitative estimate of drug-likeness (QED) is 0.437. The lowest BCUT2D eigenvalue weighted by atomic mass is 9.73. The lowest BCUT2D eigenvalue weighted by Crippen LogP contribution is -2.41. The van der Waals surface area contributed by atoms with E-state index in [2.05, 4.69) is 0 Å². The van der Waals surface area contributed by atoms with Crippen LogP contribution in [0.4, 0.5) is 0 Å². The van der Waals surface area contributed by atoms with E-state index in [9.17, 15) is 14.4 Å². The number of esters is 3. The highest BCUT2D eigenvalue weighted by atomic mass is 16.5. The number of carbonyl (C=O) groups is 3. The molecule has 6 atom stereocenters. The number of ether oxygens (including phenoxy) is 3. The summed E-state index contributed by atoms with van der Waals surface area (Å²) in [5.41, 5.74) is 0.236. The van der Waals surface area contributed by atoms with E-state index >= 15 is 0 Å². The summed E-state index contributed by atoms with van der Waals surface area (Å²) >= 11 is 0. The predicted octanol–water partition coefficient (Wildman–Crippen LogP) is 1.09. The SMILES string of the molecule is COC(=O)C1=C2CC(C(=O)OC)(C(=O)OC)CC23C2CC4C(C12)C43. The predicted molar refractivity (Wildman–Crippen MR) is 79.2 cm³/mol. The highest BCUT2D eigenvalue weighted by Gasteiger charge is 2.87. The molecule has 24 heavy (non-hydrogen) atoms. The molecular formula is C18H20O6. The van der Waals surface area contributed by atoms with Crippen LogP contribution in [-0.4, -0.2) is 39.2 Å². The molecule has 6 heteroatoms. The van der Waals surface area contributed by atoms with Crippen LogP contribution < -0.4 is 0 Å². The fraction of sp³-hybridized carbons (Fsp3) is 0.722. The van der Waals surface area contributed by atoms with E-state index in [0.717, 1.165) is 17.6 Å². The van der Waals surface area contributed by atoms with Gasteiger partial charge in [0.1, 0.15) is 0 Å². The molecule has 0 aromatic heterocycles. The van der Waals surface area contributed by atoms with Crippen LogP contribution in [0, 0.1) is 40.4 Å². The Labute approximate surface area is 139 Å². The summed E-state index contributed by atoms with van der Waals surface area (Å²) in [7, 11) is 3.99. The molecular weight excluding hydrogens is 312 g/mol. The Morgan fingerprint density at radius 2 is 1.71 bits per heavy atom. The van der Waals surface area contributed by atoms with E-state index in [4.69, 9.17) is 14.2 Å². The standard InChI is InChI=1S/C18H20O6/c1-22-14(19)12-9-5-17(15(20)23-2,16(21)24-3)6-18(9)8-4-7-10(11(8)12)13(7)18/h7-8,10-11,13H,4-6H2,1-3H3. The van der Waals surface area contributed by atoms with Gasteiger partial charge >= 0.3 is 17.9 Å². The molecule has 0 radical (unpaired) electrons. The zero-order valence-corrected chi connectivity index (χ0v) is 14.0. The monoisotopic (exact) mass is 332 g/mol. The van der Waals surface area contributed by atoms with Gasteiger partial charge in [-0.15, -0.1) is 0 Å². The molecule has 128 valence electrons. The lowest BCUT2D eigenvalue weighted by molar-refractivity contribution is -0.169. The molecule has 0 aromatic rings. The third kappa shape index (κ3) is 1.18. The van der Waals surface area contributed by atoms with Gasteiger partial charge in [-0.25, -0.2) is 4.79 Å². The second-order valence-electron chi connectivity index (χ2n) is 7.98. The Hall–Kier alpha value is -1.85. The topological polar surface area (TPSA) is 78.9 Å². The van der Waals surface area contributed by atoms with Gasteiger partial charge in [0.05, 0.1) is 21.3 Å². The van der Waals surface area contributed by atoms with Crippen LogP contribution >= 0.6 is 0 Å². The zero-order valence-electron chi connectivity index (χ0n) is 14.0. The summed E-state index contributed by atoms with van der Waals surface area (Å²) in [6.45, 7) is 0. The van der Waals surface area contributed by atoms with Crippen molar-refractivity contribution < 1.29 is 28.6 Å². The number of hydrogen-bond acceptors (Lipinski definition) is 6. The fourth-order valence-corrected chi connectivity index (χ4v) is 7.29. The van der Waals surface area contributed by atoms with Crippen LogP contribution in [0.15, 0.2) is 11.1 Å². The van der Waals surface area contributed by atoms with Crippen molar-refractivity contribution in [2.75, 3.05) is 21.3 Å². The Kier molecular flexibility index (Phi) is 2.43. The molecule has 6 unspecified atom stereocenters. The maximum Gasteiger partial charge on any atom is 0.334 e. The molecule has 6 aliphatic rings. The molecule has 5 saturated carbocycles. The zero-order chi connectivity index (χ0) is 17.0. The molecule has 5 fully saturated rings. The number of rotatable bonds is 3. The fourth-order valence-electron chi connectivity index (χ4n) is 7.29. The van der Waals surface area contributed by atoms with Gasteiger partial charge in [0.25, 0.3) is 0 Å². The van der Waals surface area contributed by atoms with Crippen molar-refractivity contribution in [2.24, 2.45) is 40.4 Å². The van der Waals surface area contributed by atoms with Gasteiger partial charge in [0.2, 0.25) is 0 Å². The minimum Gasteiger partial charge on any atom is -0.468 e. The van der Waals surface area contributed by atoms with Gasteiger partial charge in [0.15, 0.2) is 5.41 Å². The van der Waals surface area contributed by atoms with E-state index in [1.54, 1.807) is 0 Å². The van der Waals surface area contributed by atoms with E-state index in [1.807, 2.05) is 0 Å². The second-order valence-corrected chi connectivity index (χ2v) is 7.98. The number of carbonyl (C=O) groups excluding carboxylic acids is 3. The summed E-state index contributed by atoms with van der Waals surface area (Å²) < 4.78 is 15.0. The Bertz CT molecular complexity index is 720. The van der Waals surface area contributed by atoms with Gasteiger partial charge in [-0.2, -0.15) is 0 Å². The molecule has 0 aliphatic heterocycles. The first kappa shape index (κ1) is 14.5. The number of hydrogen-bond donors (Lipinski definition) is 0. The summed E-state index contributed by atoms with van der Waals surface area (Å²) in [6.07, 6.45) is 1.76. The second kappa shape index (κ2) is 4.03. The summed E-state index contributed by atoms with van der Waals surface area (Å²) in [5, 5.41) is 0. The summed E-state index contributed by atoms with van der Waals surface area (Å²) in [4.78, 5) is 37.6. The first-order chi connectivity index (χ1) is 11.5. The molecule has 1 spiro atoms. The first-order valence-corrected chi connectivity index (χ1v) is 8.46. The minimum atomic E-state index is -1.31. The third-order valence-corrected chi connectivity index (χ3v) is 7.71. The minimum absolute atomic E-state index is 0.189. The highest BCUT2D eigenvalue weighted by molar-refractivity contribution is 6.03. The van der Waals surface area contributed by atoms with Gasteiger partial charge < -0.3 is 14.2 Å². The number of allylic oxidation sites excluding steroid dienone is 1. The smallest absolute Gasteiger partial charge is 0.334 e. The largest absolute Gasteiger partial charge is 0.468 e. The van der Waals surface area contributed by atoms with Crippen LogP contribution in [0.2, 0.25) is 0 Å². The summed E-state index contributed by atoms with van der Waals surface area (Å²) in [5.74, 6) is 0.960. The molecule has 6 rings (SSSR count). The van der Waals surface area contributed by atoms with Crippen LogP contribution in [0.3, 0.4) is 0 Å². The molecule has 0 aromatic carbocycles. The molecule has 0 N–H and O–H groups in total. The van der Waals surface area contributed by atoms with Crippen molar-refractivity contribution in [1.29, 1.82) is 0 Å². The molecule has 6 nitrogen and oxygen atoms in total. The Morgan fingerprint density at radius 3 is 2.25 bits per heavy atom. The van der Waals surface area contributed by atoms with E-state index in [-0.39, 0.29) is 23.7 Å². The Balaban J connectivity index is 1.69. The molecule has 0 amide bonds. The van der Waals surface area contributed by atoms with Crippen molar-refractivity contribution >= 4 is 17.9 Å². The molecule has 6 bridgehead atoms. The van der Waals surface area contributed by atoms with Crippen LogP contribution in [-0.2, 0) is 28.6 Å². The van der Waals surface area contributed by atoms with Crippen LogP contribution in [0.1, 0.15) is 19.3 Å². The lowest BCUT2D eigenvalue weighted by Gasteiger charge is -2.30. The van der Waals surface area contributed by atoms with Crippen molar-refractivity contribution in [1.82, 2.24) is 0 Å². The van der Waals surface area contributed by atoms with Crippen molar-refractivity contribution in [3.05, 3.63) is 11.1 Å². The summed E-state index contributed by atoms with van der Waals surface area (Å²) in [6, 6.07) is 0. The van der Waals surface area contributed by atoms with Crippen molar-refractivity contribution in [2.45, 2.75) is 19.3 Å². The normalized spacial score (nSPS) is 44.4. The van der Waals surface area contributed by atoms with Gasteiger partial charge in [-0.05, 0) is 48.9 Å². The third-order valence-electron chi connectivity index (χ3n) is 7.71. The van der Waals surface area contributed by atoms with E-state index in [1.165, 1.54) is 21.3 Å². The first-order valence-electron chi connectivity index (χ1n) is 8.46. The highest BCUT2D eigenvalue weighted by Crippen LogP contribution is 2.91. The maximum absolute atomic E-state index is 12.6. The van der Waals surface area contributed by atoms with Crippen molar-refractivity contribution in [3.63, 3.8) is 0 Å². The van der Waals surface area contributed by atoms with E-state index < -0.39 is 17.4 Å². The van der Waals surface area contributed by atoms with Gasteiger partial charge in [-0.1, -0.05) is 5.57 Å². The van der Waals surface area contributed by atoms with Crippen LogP contribution in [0.25, 0.3) is 0 Å². The maximum atomic E-state index is 12.6. The molecule has 0 heterocycles. The molecule has 6 aliphatic carbocycles. The number of methoxy groups -OCH3 is 3. The Morgan fingerprint density at radius 1 is 1.04 bits per heavy atom. The average molecular weight is 332 g/mol.